The molecule has 3 nitrogen and oxygen atoms in total. The van der Waals surface area contributed by atoms with Crippen molar-refractivity contribution in [2.75, 3.05) is 19.9 Å². The molecule has 0 saturated carbocycles. The summed E-state index contributed by atoms with van der Waals surface area (Å²) in [6, 6.07) is 0. The van der Waals surface area contributed by atoms with Gasteiger partial charge in [0.05, 0.1) is 0 Å². The molecule has 0 atom stereocenters. The van der Waals surface area contributed by atoms with Crippen LogP contribution in [0.1, 0.15) is 13.8 Å². The second-order valence-corrected chi connectivity index (χ2v) is 4.14. The molecule has 5 heteroatoms. The summed E-state index contributed by atoms with van der Waals surface area (Å²) in [4.78, 5) is 9.21. The largest absolute Gasteiger partial charge is 0.147 e. The molecule has 0 saturated heterocycles. The maximum Gasteiger partial charge on any atom is -0.147 e. The van der Waals surface area contributed by atoms with E-state index < -0.39 is 7.94 Å². The van der Waals surface area contributed by atoms with Crippen LogP contribution in [0, 0.1) is 0 Å². The topological polar surface area (TPSA) is 38.7 Å². The summed E-state index contributed by atoms with van der Waals surface area (Å²) < 4.78 is 9.88. The SMILES string of the molecule is CCO[PH](C)(O)OCC.Cl. The van der Waals surface area contributed by atoms with Gasteiger partial charge in [-0.25, -0.2) is 0 Å². The molecule has 0 rings (SSSR count). The van der Waals surface area contributed by atoms with E-state index in [0.29, 0.717) is 13.2 Å². The van der Waals surface area contributed by atoms with Crippen LogP contribution in [0.2, 0.25) is 0 Å². The predicted molar refractivity (Wildman–Crippen MR) is 47.0 cm³/mol. The zero-order valence-electron chi connectivity index (χ0n) is 6.59. The van der Waals surface area contributed by atoms with Gasteiger partial charge in [0.15, 0.2) is 0 Å². The molecule has 0 bridgehead atoms. The molecule has 10 heavy (non-hydrogen) atoms. The fourth-order valence-corrected chi connectivity index (χ4v) is 1.73. The molecule has 0 heterocycles. The number of hydrogen-bond donors (Lipinski definition) is 1. The van der Waals surface area contributed by atoms with Gasteiger partial charge < -0.3 is 0 Å². The average molecular weight is 191 g/mol. The van der Waals surface area contributed by atoms with Crippen LogP contribution in [-0.2, 0) is 9.05 Å². The minimum Gasteiger partial charge on any atom is -0.147 e. The summed E-state index contributed by atoms with van der Waals surface area (Å²) in [7, 11) is -2.70. The maximum atomic E-state index is 9.21. The third kappa shape index (κ3) is 6.72. The second-order valence-electron chi connectivity index (χ2n) is 1.76. The zero-order valence-corrected chi connectivity index (χ0v) is 8.40. The van der Waals surface area contributed by atoms with Crippen LogP contribution in [0.15, 0.2) is 0 Å². The van der Waals surface area contributed by atoms with Gasteiger partial charge in [0.25, 0.3) is 0 Å². The van der Waals surface area contributed by atoms with Gasteiger partial charge in [0.2, 0.25) is 0 Å². The minimum absolute atomic E-state index is 0. The van der Waals surface area contributed by atoms with Gasteiger partial charge in [-0.05, 0) is 0 Å². The third-order valence-corrected chi connectivity index (χ3v) is 2.47. The summed E-state index contributed by atoms with van der Waals surface area (Å²) in [5.41, 5.74) is 0. The van der Waals surface area contributed by atoms with Gasteiger partial charge in [-0.3, -0.25) is 0 Å². The first kappa shape index (κ1) is 13.2. The minimum atomic E-state index is -2.70. The molecular weight excluding hydrogens is 174 g/mol. The van der Waals surface area contributed by atoms with Crippen molar-refractivity contribution in [3.8, 4) is 0 Å². The van der Waals surface area contributed by atoms with Crippen molar-refractivity contribution in [3.05, 3.63) is 0 Å². The van der Waals surface area contributed by atoms with Gasteiger partial charge in [-0.15, -0.1) is 12.4 Å². The van der Waals surface area contributed by atoms with E-state index in [4.69, 9.17) is 9.05 Å². The van der Waals surface area contributed by atoms with E-state index in [9.17, 15) is 4.89 Å². The quantitative estimate of drug-likeness (QED) is 0.685. The van der Waals surface area contributed by atoms with Gasteiger partial charge in [0.1, 0.15) is 0 Å². The van der Waals surface area contributed by atoms with Crippen LogP contribution in [0.5, 0.6) is 0 Å². The van der Waals surface area contributed by atoms with Crippen molar-refractivity contribution in [2.45, 2.75) is 13.8 Å². The first-order chi connectivity index (χ1) is 4.12. The Labute approximate surface area is 68.7 Å². The summed E-state index contributed by atoms with van der Waals surface area (Å²) in [6.45, 7) is 6.30. The third-order valence-electron chi connectivity index (χ3n) is 0.824. The fraction of sp³-hybridized carbons (Fsp3) is 1.00. The Morgan fingerprint density at radius 3 is 1.70 bits per heavy atom. The van der Waals surface area contributed by atoms with E-state index in [2.05, 4.69) is 0 Å². The van der Waals surface area contributed by atoms with E-state index in [1.54, 1.807) is 6.66 Å². The number of halogens is 1. The van der Waals surface area contributed by atoms with E-state index in [1.807, 2.05) is 13.8 Å². The summed E-state index contributed by atoms with van der Waals surface area (Å²) in [5.74, 6) is 0. The van der Waals surface area contributed by atoms with Crippen LogP contribution in [-0.4, -0.2) is 24.8 Å². The van der Waals surface area contributed by atoms with E-state index in [0.717, 1.165) is 0 Å². The van der Waals surface area contributed by atoms with E-state index in [-0.39, 0.29) is 12.4 Å². The van der Waals surface area contributed by atoms with Gasteiger partial charge >= 0.3 is 55.6 Å². The molecule has 0 aromatic rings. The van der Waals surface area contributed by atoms with Crippen LogP contribution in [0.4, 0.5) is 0 Å². The first-order valence-corrected chi connectivity index (χ1v) is 5.39. The normalized spacial score (nSPS) is 12.4. The molecule has 0 amide bonds. The van der Waals surface area contributed by atoms with Crippen molar-refractivity contribution in [1.29, 1.82) is 0 Å². The van der Waals surface area contributed by atoms with E-state index in [1.165, 1.54) is 0 Å². The molecule has 0 aromatic carbocycles. The Balaban J connectivity index is 0. The molecule has 0 unspecified atom stereocenters. The summed E-state index contributed by atoms with van der Waals surface area (Å²) in [6.07, 6.45) is 0. The predicted octanol–water partition coefficient (Wildman–Crippen LogP) is 1.60. The smallest absolute Gasteiger partial charge is 0.147 e. The van der Waals surface area contributed by atoms with Gasteiger partial charge in [0, 0.05) is 0 Å². The molecule has 0 spiro atoms. The molecular formula is C5H16ClO3P. The van der Waals surface area contributed by atoms with Crippen molar-refractivity contribution < 1.29 is 13.9 Å². The van der Waals surface area contributed by atoms with Crippen LogP contribution < -0.4 is 0 Å². The standard InChI is InChI=1S/C5H15O3P.ClH/c1-4-7-9(3,6)8-5-2;/h6,9H,4-5H2,1-3H3;1H. The Morgan fingerprint density at radius 1 is 1.20 bits per heavy atom. The number of hydrogen-bond acceptors (Lipinski definition) is 3. The van der Waals surface area contributed by atoms with Crippen molar-refractivity contribution in [1.82, 2.24) is 0 Å². The van der Waals surface area contributed by atoms with E-state index >= 15 is 0 Å². The first-order valence-electron chi connectivity index (χ1n) is 3.12. The second kappa shape index (κ2) is 6.32. The van der Waals surface area contributed by atoms with Gasteiger partial charge in [-0.1, -0.05) is 0 Å². The average Bonchev–Trinajstić information content (AvgIpc) is 1.64. The molecule has 66 valence electrons. The monoisotopic (exact) mass is 190 g/mol. The summed E-state index contributed by atoms with van der Waals surface area (Å²) >= 11 is 0. The Bertz CT molecular complexity index is 71.3. The molecule has 0 radical (unpaired) electrons. The summed E-state index contributed by atoms with van der Waals surface area (Å²) in [5, 5.41) is 0. The Hall–Kier alpha value is 0.600. The van der Waals surface area contributed by atoms with Crippen molar-refractivity contribution in [3.63, 3.8) is 0 Å². The Morgan fingerprint density at radius 2 is 1.50 bits per heavy atom. The van der Waals surface area contributed by atoms with Crippen LogP contribution in [0.3, 0.4) is 0 Å². The van der Waals surface area contributed by atoms with Crippen molar-refractivity contribution >= 4 is 20.4 Å². The molecule has 0 aromatic heterocycles. The molecule has 0 aliphatic heterocycles. The fourth-order valence-electron chi connectivity index (χ4n) is 0.577. The zero-order chi connectivity index (χ0) is 7.33. The molecule has 1 N–H and O–H groups in total. The van der Waals surface area contributed by atoms with Crippen molar-refractivity contribution in [2.24, 2.45) is 0 Å². The number of rotatable bonds is 4. The van der Waals surface area contributed by atoms with Crippen LogP contribution >= 0.6 is 20.4 Å². The Kier molecular flexibility index (Phi) is 8.35. The van der Waals surface area contributed by atoms with Crippen LogP contribution in [0.25, 0.3) is 0 Å². The molecule has 0 aliphatic carbocycles. The van der Waals surface area contributed by atoms with Gasteiger partial charge in [-0.2, -0.15) is 0 Å². The molecule has 0 fully saturated rings. The molecule has 0 aliphatic rings. The maximum absolute atomic E-state index is 9.21.